The number of allylic oxidation sites excluding steroid dienone is 6. The van der Waals surface area contributed by atoms with Crippen LogP contribution in [0.15, 0.2) is 36.5 Å². The highest BCUT2D eigenvalue weighted by Crippen LogP contribution is 2.16. The van der Waals surface area contributed by atoms with Crippen molar-refractivity contribution in [2.24, 2.45) is 0 Å². The van der Waals surface area contributed by atoms with Gasteiger partial charge in [0.1, 0.15) is 19.3 Å². The van der Waals surface area contributed by atoms with Gasteiger partial charge in [-0.1, -0.05) is 269 Å². The number of carbonyl (C=O) groups excluding carboxylic acids is 2. The fourth-order valence-electron chi connectivity index (χ4n) is 8.38. The van der Waals surface area contributed by atoms with E-state index in [0.717, 1.165) is 70.6 Å². The number of unbranched alkanes of at least 4 members (excludes halogenated alkanes) is 36. The number of hydrogen-bond donors (Lipinski definition) is 0. The van der Waals surface area contributed by atoms with Crippen LogP contribution in [-0.2, 0) is 23.8 Å². The molecule has 0 aromatic heterocycles. The SMILES string of the molecule is CCCCC/C=C\C/C=C\C/C=C\CCCCCCC(=O)OC[C@H](COC(=O)CCCCCCCCCCCCCCCCC)OCCCCCCCCCCCCCCCCCC. The highest BCUT2D eigenvalue weighted by Gasteiger charge is 2.16. The summed E-state index contributed by atoms with van der Waals surface area (Å²) in [4.78, 5) is 25.3. The quantitative estimate of drug-likeness (QED) is 0.0346. The minimum atomic E-state index is -0.404. The van der Waals surface area contributed by atoms with Crippen LogP contribution in [0.5, 0.6) is 0 Å². The summed E-state index contributed by atoms with van der Waals surface area (Å²) in [5, 5.41) is 0. The van der Waals surface area contributed by atoms with Crippen molar-refractivity contribution in [3.8, 4) is 0 Å². The van der Waals surface area contributed by atoms with Crippen molar-refractivity contribution in [1.29, 1.82) is 0 Å². The lowest BCUT2D eigenvalue weighted by Gasteiger charge is -2.18. The number of rotatable bonds is 53. The Morgan fingerprint density at radius 3 is 0.953 bits per heavy atom. The standard InChI is InChI=1S/C59H110O5/c1-4-7-10-13-16-19-22-25-28-30-32-35-38-41-44-47-50-53-59(61)64-56-57(62-54-51-48-45-42-39-36-33-29-26-23-20-17-14-11-8-5-2)55-63-58(60)52-49-46-43-40-37-34-31-27-24-21-18-15-12-9-6-3/h16,19,25,28,32,35,57H,4-15,17-18,20-24,26-27,29-31,33-34,36-56H2,1-3H3/b19-16-,28-25-,35-32-/t57-/m0/s1. The van der Waals surface area contributed by atoms with Crippen LogP contribution in [0.2, 0.25) is 0 Å². The molecule has 0 bridgehead atoms. The van der Waals surface area contributed by atoms with Crippen LogP contribution < -0.4 is 0 Å². The second-order valence-corrected chi connectivity index (χ2v) is 19.2. The summed E-state index contributed by atoms with van der Waals surface area (Å²) in [5.41, 5.74) is 0. The van der Waals surface area contributed by atoms with E-state index in [0.29, 0.717) is 19.4 Å². The summed E-state index contributed by atoms with van der Waals surface area (Å²) >= 11 is 0. The second-order valence-electron chi connectivity index (χ2n) is 19.2. The molecule has 0 heterocycles. The number of esters is 2. The number of carbonyl (C=O) groups is 2. The summed E-state index contributed by atoms with van der Waals surface area (Å²) in [7, 11) is 0. The Balaban J connectivity index is 4.26. The highest BCUT2D eigenvalue weighted by molar-refractivity contribution is 5.69. The Morgan fingerprint density at radius 2 is 0.594 bits per heavy atom. The fraction of sp³-hybridized carbons (Fsp3) is 0.864. The van der Waals surface area contributed by atoms with Gasteiger partial charge in [0.15, 0.2) is 0 Å². The summed E-state index contributed by atoms with van der Waals surface area (Å²) in [6.07, 6.45) is 67.5. The molecule has 0 aliphatic carbocycles. The highest BCUT2D eigenvalue weighted by atomic mass is 16.6. The lowest BCUT2D eigenvalue weighted by molar-refractivity contribution is -0.155. The Bertz CT molecular complexity index is 1020. The van der Waals surface area contributed by atoms with Crippen LogP contribution in [0.3, 0.4) is 0 Å². The number of hydrogen-bond acceptors (Lipinski definition) is 5. The van der Waals surface area contributed by atoms with E-state index < -0.39 is 6.10 Å². The molecule has 0 saturated carbocycles. The third kappa shape index (κ3) is 52.7. The maximum atomic E-state index is 12.6. The van der Waals surface area contributed by atoms with Gasteiger partial charge in [-0.15, -0.1) is 0 Å². The third-order valence-electron chi connectivity index (χ3n) is 12.7. The molecule has 376 valence electrons. The van der Waals surface area contributed by atoms with E-state index in [-0.39, 0.29) is 25.2 Å². The molecule has 0 unspecified atom stereocenters. The van der Waals surface area contributed by atoms with Crippen LogP contribution in [0, 0.1) is 0 Å². The van der Waals surface area contributed by atoms with E-state index in [1.807, 2.05) is 0 Å². The largest absolute Gasteiger partial charge is 0.463 e. The number of ether oxygens (including phenoxy) is 3. The fourth-order valence-corrected chi connectivity index (χ4v) is 8.38. The van der Waals surface area contributed by atoms with Gasteiger partial charge in [-0.05, 0) is 57.8 Å². The maximum Gasteiger partial charge on any atom is 0.305 e. The Labute approximate surface area is 400 Å². The van der Waals surface area contributed by atoms with Gasteiger partial charge < -0.3 is 14.2 Å². The van der Waals surface area contributed by atoms with Crippen LogP contribution in [-0.4, -0.2) is 37.9 Å². The molecule has 0 aliphatic heterocycles. The molecule has 0 rings (SSSR count). The molecule has 0 amide bonds. The first-order chi connectivity index (χ1) is 31.6. The van der Waals surface area contributed by atoms with E-state index >= 15 is 0 Å². The van der Waals surface area contributed by atoms with Crippen molar-refractivity contribution in [3.63, 3.8) is 0 Å². The van der Waals surface area contributed by atoms with Crippen LogP contribution in [0.4, 0.5) is 0 Å². The molecule has 0 aromatic rings. The summed E-state index contributed by atoms with van der Waals surface area (Å²) < 4.78 is 17.5. The van der Waals surface area contributed by atoms with E-state index in [9.17, 15) is 9.59 Å². The van der Waals surface area contributed by atoms with Gasteiger partial charge in [-0.2, -0.15) is 0 Å². The zero-order valence-electron chi connectivity index (χ0n) is 43.3. The Hall–Kier alpha value is -1.88. The topological polar surface area (TPSA) is 61.8 Å². The molecule has 1 atom stereocenters. The molecule has 5 nitrogen and oxygen atoms in total. The summed E-state index contributed by atoms with van der Waals surface area (Å²) in [5.74, 6) is -0.341. The summed E-state index contributed by atoms with van der Waals surface area (Å²) in [6, 6.07) is 0. The Morgan fingerprint density at radius 1 is 0.328 bits per heavy atom. The monoisotopic (exact) mass is 899 g/mol. The van der Waals surface area contributed by atoms with Gasteiger partial charge in [0.25, 0.3) is 0 Å². The van der Waals surface area contributed by atoms with E-state index in [1.54, 1.807) is 0 Å². The van der Waals surface area contributed by atoms with Crippen LogP contribution in [0.25, 0.3) is 0 Å². The van der Waals surface area contributed by atoms with E-state index in [4.69, 9.17) is 14.2 Å². The van der Waals surface area contributed by atoms with Crippen molar-refractivity contribution < 1.29 is 23.8 Å². The molecule has 0 spiro atoms. The van der Waals surface area contributed by atoms with Crippen LogP contribution in [0.1, 0.15) is 303 Å². The van der Waals surface area contributed by atoms with Gasteiger partial charge in [0.2, 0.25) is 0 Å². The second kappa shape index (κ2) is 55.4. The molecular formula is C59H110O5. The van der Waals surface area contributed by atoms with Gasteiger partial charge in [0, 0.05) is 19.4 Å². The molecule has 0 aromatic carbocycles. The van der Waals surface area contributed by atoms with Crippen LogP contribution >= 0.6 is 0 Å². The maximum absolute atomic E-state index is 12.6. The van der Waals surface area contributed by atoms with Gasteiger partial charge >= 0.3 is 11.9 Å². The predicted octanol–water partition coefficient (Wildman–Crippen LogP) is 19.4. The van der Waals surface area contributed by atoms with Crippen molar-refractivity contribution >= 4 is 11.9 Å². The van der Waals surface area contributed by atoms with E-state index in [2.05, 4.69) is 57.2 Å². The van der Waals surface area contributed by atoms with Gasteiger partial charge in [-0.3, -0.25) is 9.59 Å². The van der Waals surface area contributed by atoms with Gasteiger partial charge in [0.05, 0.1) is 0 Å². The predicted molar refractivity (Wildman–Crippen MR) is 279 cm³/mol. The molecule has 5 heteroatoms. The Kier molecular flexibility index (Phi) is 53.8. The first-order valence-electron chi connectivity index (χ1n) is 28.5. The molecule has 0 saturated heterocycles. The average Bonchev–Trinajstić information content (AvgIpc) is 3.30. The minimum absolute atomic E-state index is 0.151. The molecule has 0 aliphatic rings. The minimum Gasteiger partial charge on any atom is -0.463 e. The molecule has 0 radical (unpaired) electrons. The first-order valence-corrected chi connectivity index (χ1v) is 28.5. The van der Waals surface area contributed by atoms with Gasteiger partial charge in [-0.25, -0.2) is 0 Å². The lowest BCUT2D eigenvalue weighted by Crippen LogP contribution is -2.29. The first kappa shape index (κ1) is 62.1. The van der Waals surface area contributed by atoms with Crippen molar-refractivity contribution in [2.75, 3.05) is 19.8 Å². The molecule has 64 heavy (non-hydrogen) atoms. The van der Waals surface area contributed by atoms with Crippen molar-refractivity contribution in [1.82, 2.24) is 0 Å². The summed E-state index contributed by atoms with van der Waals surface area (Å²) in [6.45, 7) is 7.74. The third-order valence-corrected chi connectivity index (χ3v) is 12.7. The molecular weight excluding hydrogens is 789 g/mol. The molecule has 0 fully saturated rings. The zero-order valence-corrected chi connectivity index (χ0v) is 43.3. The lowest BCUT2D eigenvalue weighted by atomic mass is 10.0. The smallest absolute Gasteiger partial charge is 0.305 e. The normalized spacial score (nSPS) is 12.4. The van der Waals surface area contributed by atoms with Crippen molar-refractivity contribution in [3.05, 3.63) is 36.5 Å². The average molecular weight is 900 g/mol. The van der Waals surface area contributed by atoms with E-state index in [1.165, 1.54) is 199 Å². The van der Waals surface area contributed by atoms with Crippen molar-refractivity contribution in [2.45, 2.75) is 309 Å². The zero-order chi connectivity index (χ0) is 46.3. The molecule has 0 N–H and O–H groups in total.